The lowest BCUT2D eigenvalue weighted by atomic mass is 9.77. The SMILES string of the molecule is COCC[Si](C)(C)C.O=C[B]N1CCC2(CCN(c3ccnc4[nH]cc(-c5cncnc5)c34)CC2)C1. The Morgan fingerprint density at radius 2 is 1.89 bits per heavy atom. The van der Waals surface area contributed by atoms with Crippen molar-refractivity contribution in [3.63, 3.8) is 0 Å². The predicted molar refractivity (Wildman–Crippen MR) is 150 cm³/mol. The van der Waals surface area contributed by atoms with Crippen molar-refractivity contribution in [2.45, 2.75) is 44.9 Å². The van der Waals surface area contributed by atoms with Crippen LogP contribution in [0.25, 0.3) is 22.2 Å². The van der Waals surface area contributed by atoms with Gasteiger partial charge in [-0.25, -0.2) is 15.0 Å². The number of piperidine rings is 1. The molecule has 0 atom stereocenters. The minimum absolute atomic E-state index is 0.344. The topological polar surface area (TPSA) is 87.2 Å². The lowest BCUT2D eigenvalue weighted by molar-refractivity contribution is 0.214. The fourth-order valence-electron chi connectivity index (χ4n) is 5.19. The van der Waals surface area contributed by atoms with Crippen molar-refractivity contribution in [1.29, 1.82) is 0 Å². The number of nitrogens with zero attached hydrogens (tertiary/aromatic N) is 5. The first-order valence-electron chi connectivity index (χ1n) is 12.8. The molecule has 2 aliphatic heterocycles. The number of carbonyl (C=O) groups excluding carboxylic acids is 1. The van der Waals surface area contributed by atoms with Gasteiger partial charge in [-0.05, 0) is 49.9 Å². The first kappa shape index (κ1) is 26.5. The van der Waals surface area contributed by atoms with Crippen LogP contribution in [0.1, 0.15) is 19.3 Å². The van der Waals surface area contributed by atoms with Crippen molar-refractivity contribution in [3.8, 4) is 11.1 Å². The highest BCUT2D eigenvalue weighted by Gasteiger charge is 2.40. The van der Waals surface area contributed by atoms with Crippen LogP contribution in [-0.4, -0.2) is 86.3 Å². The van der Waals surface area contributed by atoms with Gasteiger partial charge in [-0.1, -0.05) is 19.6 Å². The van der Waals surface area contributed by atoms with E-state index in [1.807, 2.05) is 24.8 Å². The summed E-state index contributed by atoms with van der Waals surface area (Å²) < 4.78 is 4.95. The van der Waals surface area contributed by atoms with Crippen molar-refractivity contribution in [2.75, 3.05) is 44.8 Å². The molecule has 0 aromatic carbocycles. The fourth-order valence-corrected chi connectivity index (χ4v) is 6.01. The van der Waals surface area contributed by atoms with E-state index in [4.69, 9.17) is 4.74 Å². The molecule has 0 amide bonds. The number of rotatable bonds is 7. The summed E-state index contributed by atoms with van der Waals surface area (Å²) in [6.45, 7) is 12.0. The van der Waals surface area contributed by atoms with Gasteiger partial charge >= 0.3 is 0 Å². The van der Waals surface area contributed by atoms with Crippen molar-refractivity contribution in [2.24, 2.45) is 5.41 Å². The van der Waals surface area contributed by atoms with Crippen molar-refractivity contribution < 1.29 is 9.53 Å². The first-order valence-corrected chi connectivity index (χ1v) is 16.5. The van der Waals surface area contributed by atoms with E-state index in [1.54, 1.807) is 20.9 Å². The number of H-pyrrole nitrogens is 1. The van der Waals surface area contributed by atoms with Crippen LogP contribution in [0.15, 0.2) is 37.2 Å². The predicted octanol–water partition coefficient (Wildman–Crippen LogP) is 4.09. The standard InChI is InChI=1S/C20H22BN6O.C6H16OSi/c28-13-21-27-8-4-20(12-27)2-6-26(7-3-20)17-1-5-24-19-18(17)16(11-25-19)15-9-22-14-23-10-15;1-7-5-6-8(2,3)4/h1,5,9-11,13-14H,2-4,6-8,12H2,(H,24,25);5-6H2,1-4H3. The molecule has 191 valence electrons. The summed E-state index contributed by atoms with van der Waals surface area (Å²) in [6.07, 6.45) is 13.5. The van der Waals surface area contributed by atoms with E-state index >= 15 is 0 Å². The second-order valence-corrected chi connectivity index (χ2v) is 16.8. The molecular weight excluding hydrogens is 467 g/mol. The maximum absolute atomic E-state index is 10.8. The Labute approximate surface area is 216 Å². The van der Waals surface area contributed by atoms with Gasteiger partial charge in [-0.3, -0.25) is 0 Å². The quantitative estimate of drug-likeness (QED) is 0.382. The molecular formula is C26H38BN6O2Si. The monoisotopic (exact) mass is 505 g/mol. The molecule has 36 heavy (non-hydrogen) atoms. The van der Waals surface area contributed by atoms with Crippen molar-refractivity contribution in [3.05, 3.63) is 37.2 Å². The van der Waals surface area contributed by atoms with Crippen LogP contribution in [0.4, 0.5) is 5.69 Å². The average molecular weight is 506 g/mol. The maximum Gasteiger partial charge on any atom is 0.293 e. The van der Waals surface area contributed by atoms with Gasteiger partial charge in [0.1, 0.15) is 12.0 Å². The summed E-state index contributed by atoms with van der Waals surface area (Å²) in [5, 5.41) is 1.13. The van der Waals surface area contributed by atoms with E-state index in [-0.39, 0.29) is 0 Å². The molecule has 1 spiro atoms. The highest BCUT2D eigenvalue weighted by Crippen LogP contribution is 2.43. The minimum atomic E-state index is -0.803. The zero-order valence-corrected chi connectivity index (χ0v) is 23.0. The highest BCUT2D eigenvalue weighted by atomic mass is 28.3. The molecule has 2 aliphatic rings. The van der Waals surface area contributed by atoms with Gasteiger partial charge in [0.25, 0.3) is 7.41 Å². The van der Waals surface area contributed by atoms with Crippen LogP contribution < -0.4 is 4.90 Å². The van der Waals surface area contributed by atoms with Crippen LogP contribution in [0.5, 0.6) is 0 Å². The number of methoxy groups -OCH3 is 1. The molecule has 2 saturated heterocycles. The van der Waals surface area contributed by atoms with E-state index in [0.29, 0.717) is 5.41 Å². The molecule has 0 bridgehead atoms. The number of fused-ring (bicyclic) bond motifs is 1. The molecule has 3 aromatic heterocycles. The Morgan fingerprint density at radius 3 is 2.53 bits per heavy atom. The lowest BCUT2D eigenvalue weighted by Gasteiger charge is -2.40. The van der Waals surface area contributed by atoms with Crippen LogP contribution in [0.3, 0.4) is 0 Å². The van der Waals surface area contributed by atoms with Crippen molar-refractivity contribution in [1.82, 2.24) is 24.7 Å². The fraction of sp³-hybridized carbons (Fsp3) is 0.538. The summed E-state index contributed by atoms with van der Waals surface area (Å²) in [5.74, 6) is 0. The minimum Gasteiger partial charge on any atom is -0.385 e. The molecule has 1 radical (unpaired) electrons. The lowest BCUT2D eigenvalue weighted by Crippen LogP contribution is -2.42. The van der Waals surface area contributed by atoms with Gasteiger partial charge in [0.2, 0.25) is 0 Å². The van der Waals surface area contributed by atoms with Gasteiger partial charge in [0, 0.05) is 81.9 Å². The maximum atomic E-state index is 10.8. The first-order chi connectivity index (χ1) is 17.3. The molecule has 10 heteroatoms. The van der Waals surface area contributed by atoms with Gasteiger partial charge in [0.15, 0.2) is 0 Å². The number of ether oxygens (including phenoxy) is 1. The third kappa shape index (κ3) is 6.41. The van der Waals surface area contributed by atoms with Crippen LogP contribution in [0.2, 0.25) is 25.7 Å². The van der Waals surface area contributed by atoms with E-state index in [2.05, 4.69) is 55.4 Å². The second-order valence-electron chi connectivity index (χ2n) is 11.2. The largest absolute Gasteiger partial charge is 0.385 e. The molecule has 0 aliphatic carbocycles. The van der Waals surface area contributed by atoms with Gasteiger partial charge < -0.3 is 24.2 Å². The number of hydrogen-bond donors (Lipinski definition) is 1. The highest BCUT2D eigenvalue weighted by molar-refractivity contribution is 6.76. The second kappa shape index (κ2) is 11.7. The summed E-state index contributed by atoms with van der Waals surface area (Å²) in [5.41, 5.74) is 4.54. The molecule has 2 fully saturated rings. The molecule has 0 saturated carbocycles. The Balaban J connectivity index is 0.000000331. The molecule has 5 rings (SSSR count). The molecule has 8 nitrogen and oxygen atoms in total. The van der Waals surface area contributed by atoms with Gasteiger partial charge in [0.05, 0.1) is 6.19 Å². The Hall–Kier alpha value is -2.56. The molecule has 3 aromatic rings. The Kier molecular flexibility index (Phi) is 8.59. The van der Waals surface area contributed by atoms with Gasteiger partial charge in [-0.15, -0.1) is 0 Å². The summed E-state index contributed by atoms with van der Waals surface area (Å²) in [7, 11) is 2.66. The summed E-state index contributed by atoms with van der Waals surface area (Å²) in [4.78, 5) is 31.6. The number of aromatic amines is 1. The summed E-state index contributed by atoms with van der Waals surface area (Å²) in [6, 6.07) is 3.39. The Bertz CT molecular complexity index is 1130. The van der Waals surface area contributed by atoms with Crippen LogP contribution in [-0.2, 0) is 9.53 Å². The zero-order chi connectivity index (χ0) is 25.6. The number of carbonyl (C=O) groups is 1. The van der Waals surface area contributed by atoms with Crippen molar-refractivity contribution >= 4 is 38.4 Å². The number of anilines is 1. The van der Waals surface area contributed by atoms with Gasteiger partial charge in [-0.2, -0.15) is 0 Å². The van der Waals surface area contributed by atoms with E-state index in [0.717, 1.165) is 74.0 Å². The van der Waals surface area contributed by atoms with E-state index < -0.39 is 8.07 Å². The molecule has 0 unspecified atom stereocenters. The van der Waals surface area contributed by atoms with Crippen LogP contribution >= 0.6 is 0 Å². The van der Waals surface area contributed by atoms with E-state index in [1.165, 1.54) is 18.2 Å². The van der Waals surface area contributed by atoms with Crippen LogP contribution in [0, 0.1) is 5.41 Å². The number of hydrogen-bond acceptors (Lipinski definition) is 7. The Morgan fingerprint density at radius 1 is 1.17 bits per heavy atom. The zero-order valence-electron chi connectivity index (χ0n) is 22.0. The number of aromatic nitrogens is 4. The average Bonchev–Trinajstić information content (AvgIpc) is 3.48. The molecule has 5 heterocycles. The normalized spacial score (nSPS) is 17.7. The third-order valence-corrected chi connectivity index (χ3v) is 9.09. The number of nitrogens with one attached hydrogen (secondary N) is 1. The van der Waals surface area contributed by atoms with E-state index in [9.17, 15) is 4.79 Å². The summed E-state index contributed by atoms with van der Waals surface area (Å²) >= 11 is 0. The number of pyridine rings is 1. The molecule has 1 N–H and O–H groups in total. The smallest absolute Gasteiger partial charge is 0.293 e. The third-order valence-electron chi connectivity index (χ3n) is 7.38.